The molecule has 1 aliphatic carbocycles. The van der Waals surface area contributed by atoms with Crippen LogP contribution in [-0.2, 0) is 0 Å². The Labute approximate surface area is 129 Å². The molecule has 108 valence electrons. The first-order valence-electron chi connectivity index (χ1n) is 7.73. The molecule has 0 spiro atoms. The van der Waals surface area contributed by atoms with E-state index in [1.165, 1.54) is 32.4 Å². The third-order valence-electron chi connectivity index (χ3n) is 4.85. The van der Waals surface area contributed by atoms with Crippen molar-refractivity contribution >= 4 is 21.7 Å². The van der Waals surface area contributed by atoms with E-state index in [2.05, 4.69) is 20.8 Å². The molecule has 0 N–H and O–H groups in total. The number of halogens is 1. The van der Waals surface area contributed by atoms with Gasteiger partial charge in [-0.1, -0.05) is 34.5 Å². The van der Waals surface area contributed by atoms with E-state index in [1.54, 1.807) is 0 Å². The number of hydrogen-bond acceptors (Lipinski definition) is 2. The van der Waals surface area contributed by atoms with Crippen molar-refractivity contribution in [2.45, 2.75) is 32.1 Å². The lowest BCUT2D eigenvalue weighted by molar-refractivity contribution is 0.0975. The van der Waals surface area contributed by atoms with E-state index in [4.69, 9.17) is 0 Å². The van der Waals surface area contributed by atoms with E-state index in [0.717, 1.165) is 34.8 Å². The molecule has 2 nitrogen and oxygen atoms in total. The SMILES string of the molecule is O=C(CCCN1CC2CCCC2C1)c1ccc(Br)cc1. The number of rotatable bonds is 5. The molecule has 3 heteroatoms. The number of Topliss-reactive ketones (excluding diaryl/α,β-unsaturated/α-hetero) is 1. The fourth-order valence-corrected chi connectivity index (χ4v) is 4.02. The van der Waals surface area contributed by atoms with E-state index < -0.39 is 0 Å². The zero-order valence-electron chi connectivity index (χ0n) is 11.9. The molecule has 1 heterocycles. The standard InChI is InChI=1S/C17H22BrNO/c18-16-8-6-13(7-9-16)17(20)5-2-10-19-11-14-3-1-4-15(14)12-19/h6-9,14-15H,1-5,10-12H2. The van der Waals surface area contributed by atoms with Crippen molar-refractivity contribution in [1.29, 1.82) is 0 Å². The van der Waals surface area contributed by atoms with Gasteiger partial charge in [0, 0.05) is 29.5 Å². The minimum atomic E-state index is 0.275. The number of carbonyl (C=O) groups excluding carboxylic acids is 1. The molecule has 0 radical (unpaired) electrons. The van der Waals surface area contributed by atoms with Gasteiger partial charge in [0.1, 0.15) is 0 Å². The summed E-state index contributed by atoms with van der Waals surface area (Å²) in [6.45, 7) is 3.64. The normalized spacial score (nSPS) is 25.9. The van der Waals surface area contributed by atoms with Gasteiger partial charge in [-0.3, -0.25) is 4.79 Å². The predicted octanol–water partition coefficient (Wildman–Crippen LogP) is 4.14. The van der Waals surface area contributed by atoms with Crippen molar-refractivity contribution in [2.75, 3.05) is 19.6 Å². The van der Waals surface area contributed by atoms with Crippen LogP contribution in [0.5, 0.6) is 0 Å². The lowest BCUT2D eigenvalue weighted by Gasteiger charge is -2.16. The lowest BCUT2D eigenvalue weighted by atomic mass is 10.0. The van der Waals surface area contributed by atoms with Crippen LogP contribution in [0.4, 0.5) is 0 Å². The van der Waals surface area contributed by atoms with Crippen molar-refractivity contribution in [1.82, 2.24) is 4.90 Å². The van der Waals surface area contributed by atoms with Crippen LogP contribution in [-0.4, -0.2) is 30.3 Å². The molecule has 2 unspecified atom stereocenters. The van der Waals surface area contributed by atoms with Gasteiger partial charge in [0.2, 0.25) is 0 Å². The number of likely N-dealkylation sites (tertiary alicyclic amines) is 1. The summed E-state index contributed by atoms with van der Waals surface area (Å²) in [5, 5.41) is 0. The summed E-state index contributed by atoms with van der Waals surface area (Å²) >= 11 is 3.40. The fraction of sp³-hybridized carbons (Fsp3) is 0.588. The zero-order chi connectivity index (χ0) is 13.9. The molecular formula is C17H22BrNO. The minimum absolute atomic E-state index is 0.275. The maximum Gasteiger partial charge on any atom is 0.162 e. The molecule has 20 heavy (non-hydrogen) atoms. The topological polar surface area (TPSA) is 20.3 Å². The van der Waals surface area contributed by atoms with Gasteiger partial charge in [-0.25, -0.2) is 0 Å². The second-order valence-corrected chi connectivity index (χ2v) is 7.16. The van der Waals surface area contributed by atoms with Crippen molar-refractivity contribution in [2.24, 2.45) is 11.8 Å². The quantitative estimate of drug-likeness (QED) is 0.753. The molecule has 2 aliphatic rings. The highest BCUT2D eigenvalue weighted by molar-refractivity contribution is 9.10. The van der Waals surface area contributed by atoms with Gasteiger partial charge in [0.05, 0.1) is 0 Å². The van der Waals surface area contributed by atoms with Crippen LogP contribution in [0.2, 0.25) is 0 Å². The van der Waals surface area contributed by atoms with E-state index in [-0.39, 0.29) is 5.78 Å². The van der Waals surface area contributed by atoms with E-state index in [1.807, 2.05) is 24.3 Å². The van der Waals surface area contributed by atoms with Gasteiger partial charge in [0.15, 0.2) is 5.78 Å². The van der Waals surface area contributed by atoms with Crippen molar-refractivity contribution < 1.29 is 4.79 Å². The highest BCUT2D eigenvalue weighted by Gasteiger charge is 2.35. The molecule has 2 atom stereocenters. The van der Waals surface area contributed by atoms with Crippen LogP contribution in [0, 0.1) is 11.8 Å². The molecule has 1 aromatic carbocycles. The molecule has 1 saturated heterocycles. The Bertz CT molecular complexity index is 458. The summed E-state index contributed by atoms with van der Waals surface area (Å²) < 4.78 is 1.03. The largest absolute Gasteiger partial charge is 0.303 e. The van der Waals surface area contributed by atoms with Gasteiger partial charge < -0.3 is 4.90 Å². The Hall–Kier alpha value is -0.670. The van der Waals surface area contributed by atoms with Gasteiger partial charge in [-0.05, 0) is 49.8 Å². The third kappa shape index (κ3) is 3.32. The first-order chi connectivity index (χ1) is 9.72. The average molecular weight is 336 g/mol. The molecule has 0 aromatic heterocycles. The van der Waals surface area contributed by atoms with E-state index >= 15 is 0 Å². The van der Waals surface area contributed by atoms with Gasteiger partial charge in [0.25, 0.3) is 0 Å². The molecule has 2 fully saturated rings. The summed E-state index contributed by atoms with van der Waals surface area (Å²) in [6, 6.07) is 7.70. The van der Waals surface area contributed by atoms with E-state index in [9.17, 15) is 4.79 Å². The Balaban J connectivity index is 1.41. The monoisotopic (exact) mass is 335 g/mol. The fourth-order valence-electron chi connectivity index (χ4n) is 3.76. The van der Waals surface area contributed by atoms with Crippen LogP contribution >= 0.6 is 15.9 Å². The van der Waals surface area contributed by atoms with Gasteiger partial charge in [-0.15, -0.1) is 0 Å². The second kappa shape index (κ2) is 6.40. The lowest BCUT2D eigenvalue weighted by Crippen LogP contribution is -2.23. The van der Waals surface area contributed by atoms with Crippen molar-refractivity contribution in [3.63, 3.8) is 0 Å². The summed E-state index contributed by atoms with van der Waals surface area (Å²) in [4.78, 5) is 14.7. The highest BCUT2D eigenvalue weighted by atomic mass is 79.9. The summed E-state index contributed by atoms with van der Waals surface area (Å²) in [6.07, 6.45) is 5.96. The van der Waals surface area contributed by atoms with Gasteiger partial charge in [-0.2, -0.15) is 0 Å². The Kier molecular flexibility index (Phi) is 4.57. The molecule has 0 bridgehead atoms. The summed E-state index contributed by atoms with van der Waals surface area (Å²) in [5.41, 5.74) is 0.839. The number of benzene rings is 1. The molecule has 0 amide bonds. The second-order valence-electron chi connectivity index (χ2n) is 6.24. The van der Waals surface area contributed by atoms with Crippen LogP contribution in [0.3, 0.4) is 0 Å². The highest BCUT2D eigenvalue weighted by Crippen LogP contribution is 2.37. The minimum Gasteiger partial charge on any atom is -0.303 e. The number of fused-ring (bicyclic) bond motifs is 1. The Morgan fingerprint density at radius 1 is 1.15 bits per heavy atom. The average Bonchev–Trinajstić information content (AvgIpc) is 3.00. The summed E-state index contributed by atoms with van der Waals surface area (Å²) in [5.74, 6) is 2.19. The Morgan fingerprint density at radius 2 is 1.80 bits per heavy atom. The maximum atomic E-state index is 12.1. The van der Waals surface area contributed by atoms with Crippen LogP contribution in [0.25, 0.3) is 0 Å². The summed E-state index contributed by atoms with van der Waals surface area (Å²) in [7, 11) is 0. The number of nitrogens with zero attached hydrogens (tertiary/aromatic N) is 1. The molecule has 1 saturated carbocycles. The predicted molar refractivity (Wildman–Crippen MR) is 85.0 cm³/mol. The molecular weight excluding hydrogens is 314 g/mol. The van der Waals surface area contributed by atoms with Crippen LogP contribution < -0.4 is 0 Å². The molecule has 1 aliphatic heterocycles. The van der Waals surface area contributed by atoms with Crippen molar-refractivity contribution in [3.05, 3.63) is 34.3 Å². The maximum absolute atomic E-state index is 12.1. The van der Waals surface area contributed by atoms with Crippen LogP contribution in [0.1, 0.15) is 42.5 Å². The number of carbonyl (C=O) groups is 1. The van der Waals surface area contributed by atoms with E-state index in [0.29, 0.717) is 6.42 Å². The third-order valence-corrected chi connectivity index (χ3v) is 5.37. The molecule has 1 aromatic rings. The van der Waals surface area contributed by atoms with Gasteiger partial charge >= 0.3 is 0 Å². The zero-order valence-corrected chi connectivity index (χ0v) is 13.4. The molecule has 3 rings (SSSR count). The van der Waals surface area contributed by atoms with Crippen molar-refractivity contribution in [3.8, 4) is 0 Å². The first-order valence-corrected chi connectivity index (χ1v) is 8.53. The smallest absolute Gasteiger partial charge is 0.162 e. The number of ketones is 1. The Morgan fingerprint density at radius 3 is 2.45 bits per heavy atom. The first kappa shape index (κ1) is 14.3. The van der Waals surface area contributed by atoms with Crippen LogP contribution in [0.15, 0.2) is 28.7 Å². The number of hydrogen-bond donors (Lipinski definition) is 0.